The highest BCUT2D eigenvalue weighted by Crippen LogP contribution is 2.37. The van der Waals surface area contributed by atoms with E-state index < -0.39 is 0 Å². The summed E-state index contributed by atoms with van der Waals surface area (Å²) in [6, 6.07) is 61.6. The van der Waals surface area contributed by atoms with Crippen molar-refractivity contribution in [3.05, 3.63) is 182 Å². The summed E-state index contributed by atoms with van der Waals surface area (Å²) in [6.45, 7) is 0. The number of nitrogens with zero attached hydrogens (tertiary/aromatic N) is 6. The van der Waals surface area contributed by atoms with Gasteiger partial charge < -0.3 is 4.57 Å². The molecule has 248 valence electrons. The molecule has 0 N–H and O–H groups in total. The zero-order valence-corrected chi connectivity index (χ0v) is 28.5. The van der Waals surface area contributed by atoms with Crippen LogP contribution < -0.4 is 0 Å². The van der Waals surface area contributed by atoms with Crippen molar-refractivity contribution in [3.8, 4) is 40.1 Å². The first-order chi connectivity index (χ1) is 26.3. The van der Waals surface area contributed by atoms with Gasteiger partial charge in [-0.05, 0) is 59.7 Å². The van der Waals surface area contributed by atoms with Crippen molar-refractivity contribution in [2.45, 2.75) is 0 Å². The van der Waals surface area contributed by atoms with Gasteiger partial charge in [0.1, 0.15) is 0 Å². The highest BCUT2D eigenvalue weighted by molar-refractivity contribution is 6.13. The van der Waals surface area contributed by atoms with Gasteiger partial charge >= 0.3 is 0 Å². The lowest BCUT2D eigenvalue weighted by Crippen LogP contribution is -2.10. The Morgan fingerprint density at radius 3 is 1.45 bits per heavy atom. The molecule has 0 saturated heterocycles. The molecule has 6 heteroatoms. The molecule has 0 amide bonds. The largest absolute Gasteiger partial charge is 0.317 e. The fourth-order valence-corrected chi connectivity index (χ4v) is 7.89. The van der Waals surface area contributed by atoms with Gasteiger partial charge in [0.05, 0.1) is 27.6 Å². The van der Waals surface area contributed by atoms with Crippen molar-refractivity contribution >= 4 is 54.5 Å². The predicted octanol–water partition coefficient (Wildman–Crippen LogP) is 11.3. The third-order valence-corrected chi connectivity index (χ3v) is 10.4. The summed E-state index contributed by atoms with van der Waals surface area (Å²) in [7, 11) is 0. The zero-order valence-electron chi connectivity index (χ0n) is 28.5. The molecular formula is C47H30N6. The minimum atomic E-state index is 0.562. The van der Waals surface area contributed by atoms with Gasteiger partial charge in [-0.3, -0.25) is 9.13 Å². The predicted molar refractivity (Wildman–Crippen MR) is 216 cm³/mol. The molecule has 4 heterocycles. The van der Waals surface area contributed by atoms with Crippen molar-refractivity contribution in [2.75, 3.05) is 0 Å². The van der Waals surface area contributed by atoms with Crippen LogP contribution in [0.2, 0.25) is 0 Å². The molecule has 0 spiro atoms. The van der Waals surface area contributed by atoms with Gasteiger partial charge in [-0.15, -0.1) is 0 Å². The van der Waals surface area contributed by atoms with Crippen molar-refractivity contribution in [1.82, 2.24) is 28.7 Å². The molecule has 0 atom stereocenters. The van der Waals surface area contributed by atoms with Crippen LogP contribution in [0.15, 0.2) is 182 Å². The first-order valence-corrected chi connectivity index (χ1v) is 17.8. The maximum atomic E-state index is 5.34. The summed E-state index contributed by atoms with van der Waals surface area (Å²) in [5, 5.41) is 5.72. The lowest BCUT2D eigenvalue weighted by atomic mass is 10.0. The number of hydrogen-bond donors (Lipinski definition) is 0. The van der Waals surface area contributed by atoms with Crippen LogP contribution in [0, 0.1) is 0 Å². The summed E-state index contributed by atoms with van der Waals surface area (Å²) < 4.78 is 6.62. The second-order valence-electron chi connectivity index (χ2n) is 13.4. The normalized spacial score (nSPS) is 11.8. The van der Waals surface area contributed by atoms with Crippen LogP contribution in [-0.4, -0.2) is 28.7 Å². The molecule has 0 fully saturated rings. The maximum Gasteiger partial charge on any atom is 0.240 e. The first kappa shape index (κ1) is 29.4. The topological polar surface area (TPSA) is 53.5 Å². The Kier molecular flexibility index (Phi) is 6.45. The average Bonchev–Trinajstić information content (AvgIpc) is 3.90. The fourth-order valence-electron chi connectivity index (χ4n) is 7.89. The van der Waals surface area contributed by atoms with E-state index in [0.29, 0.717) is 17.7 Å². The highest BCUT2D eigenvalue weighted by Gasteiger charge is 2.21. The van der Waals surface area contributed by atoms with Gasteiger partial charge in [0.15, 0.2) is 5.82 Å². The molecule has 4 aromatic heterocycles. The molecule has 11 aromatic rings. The van der Waals surface area contributed by atoms with E-state index in [1.54, 1.807) is 0 Å². The minimum Gasteiger partial charge on any atom is -0.317 e. The Morgan fingerprint density at radius 1 is 0.340 bits per heavy atom. The molecule has 0 unspecified atom stereocenters. The van der Waals surface area contributed by atoms with Crippen LogP contribution in [0.4, 0.5) is 0 Å². The van der Waals surface area contributed by atoms with E-state index >= 15 is 0 Å². The van der Waals surface area contributed by atoms with Crippen LogP contribution in [0.3, 0.4) is 0 Å². The molecular weight excluding hydrogens is 649 g/mol. The van der Waals surface area contributed by atoms with Crippen LogP contribution in [-0.2, 0) is 0 Å². The smallest absolute Gasteiger partial charge is 0.240 e. The van der Waals surface area contributed by atoms with E-state index in [0.717, 1.165) is 71.3 Å². The Hall–Kier alpha value is -7.31. The van der Waals surface area contributed by atoms with E-state index in [1.807, 2.05) is 6.07 Å². The third kappa shape index (κ3) is 4.63. The molecule has 0 bridgehead atoms. The quantitative estimate of drug-likeness (QED) is 0.182. The minimum absolute atomic E-state index is 0.562. The van der Waals surface area contributed by atoms with Gasteiger partial charge in [0.2, 0.25) is 11.9 Å². The molecule has 0 aliphatic rings. The van der Waals surface area contributed by atoms with E-state index in [9.17, 15) is 0 Å². The number of hydrogen-bond acceptors (Lipinski definition) is 3. The highest BCUT2D eigenvalue weighted by atomic mass is 15.3. The summed E-state index contributed by atoms with van der Waals surface area (Å²) >= 11 is 0. The molecule has 7 aromatic carbocycles. The van der Waals surface area contributed by atoms with E-state index in [2.05, 4.69) is 190 Å². The van der Waals surface area contributed by atoms with Crippen molar-refractivity contribution in [2.24, 2.45) is 0 Å². The van der Waals surface area contributed by atoms with Crippen LogP contribution in [0.5, 0.6) is 0 Å². The average molecular weight is 679 g/mol. The second-order valence-corrected chi connectivity index (χ2v) is 13.4. The zero-order chi connectivity index (χ0) is 34.9. The Labute approximate surface area is 304 Å². The molecule has 0 saturated carbocycles. The van der Waals surface area contributed by atoms with Crippen molar-refractivity contribution in [1.29, 1.82) is 0 Å². The SMILES string of the molecule is c1ccc(-c2ccc(-c3nc(-n4c5ccccc5c5ccccc54)nc(-n4c5ccccc5c5cc6c(ccn6-c6ccccc6)cc54)n3)cc2)cc1. The van der Waals surface area contributed by atoms with Gasteiger partial charge in [-0.1, -0.05) is 127 Å². The number of rotatable bonds is 5. The fraction of sp³-hybridized carbons (Fsp3) is 0. The number of aromatic nitrogens is 6. The molecule has 0 aliphatic carbocycles. The van der Waals surface area contributed by atoms with Crippen LogP contribution in [0.25, 0.3) is 94.6 Å². The molecule has 0 aliphatic heterocycles. The third-order valence-electron chi connectivity index (χ3n) is 10.4. The van der Waals surface area contributed by atoms with E-state index in [4.69, 9.17) is 15.0 Å². The maximum absolute atomic E-state index is 5.34. The van der Waals surface area contributed by atoms with Crippen LogP contribution in [0.1, 0.15) is 0 Å². The van der Waals surface area contributed by atoms with E-state index in [1.165, 1.54) is 5.56 Å². The summed E-state index contributed by atoms with van der Waals surface area (Å²) in [6.07, 6.45) is 2.14. The molecule has 53 heavy (non-hydrogen) atoms. The second kappa shape index (κ2) is 11.6. The van der Waals surface area contributed by atoms with Gasteiger partial charge in [-0.2, -0.15) is 15.0 Å². The Bertz CT molecular complexity index is 3100. The Morgan fingerprint density at radius 2 is 0.830 bits per heavy atom. The van der Waals surface area contributed by atoms with Gasteiger partial charge in [0, 0.05) is 44.4 Å². The van der Waals surface area contributed by atoms with Crippen molar-refractivity contribution in [3.63, 3.8) is 0 Å². The summed E-state index contributed by atoms with van der Waals surface area (Å²) in [5.41, 5.74) is 9.65. The molecule has 0 radical (unpaired) electrons. The first-order valence-electron chi connectivity index (χ1n) is 17.8. The van der Waals surface area contributed by atoms with Gasteiger partial charge in [0.25, 0.3) is 0 Å². The monoisotopic (exact) mass is 678 g/mol. The number of para-hydroxylation sites is 4. The number of benzene rings is 7. The van der Waals surface area contributed by atoms with Crippen molar-refractivity contribution < 1.29 is 0 Å². The summed E-state index contributed by atoms with van der Waals surface area (Å²) in [4.78, 5) is 15.8. The number of fused-ring (bicyclic) bond motifs is 7. The molecule has 11 rings (SSSR count). The molecule has 6 nitrogen and oxygen atoms in total. The lowest BCUT2D eigenvalue weighted by molar-refractivity contribution is 0.893. The Balaban J connectivity index is 1.19. The lowest BCUT2D eigenvalue weighted by Gasteiger charge is -2.13. The van der Waals surface area contributed by atoms with E-state index in [-0.39, 0.29) is 0 Å². The van der Waals surface area contributed by atoms with Crippen LogP contribution >= 0.6 is 0 Å². The van der Waals surface area contributed by atoms with Gasteiger partial charge in [-0.25, -0.2) is 0 Å². The standard InChI is InChI=1S/C47H30N6/c1-3-13-31(14-4-1)32-23-25-33(26-24-32)45-48-46(52-40-20-10-7-17-36(40)37-18-8-11-21-41(37)52)50-47(49-45)53-42-22-12-9-19-38(42)39-30-43-34(29-44(39)53)27-28-51(43)35-15-5-2-6-16-35/h1-30H. The summed E-state index contributed by atoms with van der Waals surface area (Å²) in [5.74, 6) is 1.73.